The van der Waals surface area contributed by atoms with Gasteiger partial charge in [-0.2, -0.15) is 5.26 Å². The van der Waals surface area contributed by atoms with Gasteiger partial charge in [0.05, 0.1) is 106 Å². The summed E-state index contributed by atoms with van der Waals surface area (Å²) in [4.78, 5) is 0. The number of hydrogen-bond acceptors (Lipinski definition) is 1. The first-order valence-electron chi connectivity index (χ1n) is 31.4. The minimum Gasteiger partial charge on any atom is -0.309 e. The highest BCUT2D eigenvalue weighted by Crippen LogP contribution is 2.55. The van der Waals surface area contributed by atoms with E-state index < -0.39 is 0 Å². The Morgan fingerprint density at radius 3 is 0.728 bits per heavy atom. The molecular weight excluding hydrogens is 1120 g/mol. The summed E-state index contributed by atoms with van der Waals surface area (Å²) in [6.07, 6.45) is 0. The van der Waals surface area contributed by atoms with Crippen LogP contribution >= 0.6 is 0 Å². The van der Waals surface area contributed by atoms with E-state index in [1.165, 1.54) is 10.8 Å². The molecule has 0 spiro atoms. The molecule has 6 aromatic heterocycles. The molecule has 20 rings (SSSR count). The van der Waals surface area contributed by atoms with E-state index in [1.807, 2.05) is 6.07 Å². The Balaban J connectivity index is 1.13. The van der Waals surface area contributed by atoms with Crippen LogP contribution in [0.2, 0.25) is 0 Å². The molecule has 0 aliphatic rings. The molecule has 0 aliphatic heterocycles. The van der Waals surface area contributed by atoms with E-state index in [0.717, 1.165) is 165 Å². The van der Waals surface area contributed by atoms with Crippen LogP contribution in [0, 0.1) is 11.3 Å². The Morgan fingerprint density at radius 1 is 0.196 bits per heavy atom. The van der Waals surface area contributed by atoms with E-state index in [4.69, 9.17) is 0 Å². The molecule has 0 saturated heterocycles. The largest absolute Gasteiger partial charge is 0.309 e. The van der Waals surface area contributed by atoms with Crippen molar-refractivity contribution in [3.8, 4) is 51.3 Å². The Morgan fingerprint density at radius 2 is 0.435 bits per heavy atom. The van der Waals surface area contributed by atoms with E-state index in [9.17, 15) is 5.26 Å². The van der Waals surface area contributed by atoms with Gasteiger partial charge in [0, 0.05) is 75.9 Å². The zero-order chi connectivity index (χ0) is 60.3. The highest BCUT2D eigenvalue weighted by molar-refractivity contribution is 6.20. The van der Waals surface area contributed by atoms with Crippen molar-refractivity contribution in [1.29, 1.82) is 5.26 Å². The highest BCUT2D eigenvalue weighted by atomic mass is 15.2. The van der Waals surface area contributed by atoms with Gasteiger partial charge >= 0.3 is 0 Å². The number of para-hydroxylation sites is 11. The van der Waals surface area contributed by atoms with Crippen molar-refractivity contribution in [3.05, 3.63) is 315 Å². The second-order valence-corrected chi connectivity index (χ2v) is 24.2. The van der Waals surface area contributed by atoms with Crippen molar-refractivity contribution in [1.82, 2.24) is 27.4 Å². The lowest BCUT2D eigenvalue weighted by Crippen LogP contribution is -2.18. The minimum absolute atomic E-state index is 0.561. The highest BCUT2D eigenvalue weighted by Gasteiger charge is 2.37. The van der Waals surface area contributed by atoms with Crippen molar-refractivity contribution < 1.29 is 0 Å². The predicted molar refractivity (Wildman–Crippen MR) is 383 cm³/mol. The summed E-state index contributed by atoms with van der Waals surface area (Å²) in [7, 11) is 0. The van der Waals surface area contributed by atoms with Crippen LogP contribution in [-0.4, -0.2) is 27.4 Å². The Kier molecular flexibility index (Phi) is 10.5. The summed E-state index contributed by atoms with van der Waals surface area (Å²) in [5.41, 5.74) is 21.1. The second-order valence-electron chi connectivity index (χ2n) is 24.2. The normalized spacial score (nSPS) is 12.1. The second kappa shape index (κ2) is 19.2. The van der Waals surface area contributed by atoms with E-state index in [-0.39, 0.29) is 0 Å². The quantitative estimate of drug-likeness (QED) is 0.157. The van der Waals surface area contributed by atoms with Gasteiger partial charge in [-0.25, -0.2) is 0 Å². The molecule has 0 radical (unpaired) electrons. The van der Waals surface area contributed by atoms with E-state index in [1.54, 1.807) is 0 Å². The van der Waals surface area contributed by atoms with Gasteiger partial charge in [-0.05, 0) is 103 Å². The molecule has 7 nitrogen and oxygen atoms in total. The van der Waals surface area contributed by atoms with Gasteiger partial charge in [0.2, 0.25) is 0 Å². The van der Waals surface area contributed by atoms with Crippen molar-refractivity contribution >= 4 is 131 Å². The lowest BCUT2D eigenvalue weighted by molar-refractivity contribution is 1.00. The molecule has 92 heavy (non-hydrogen) atoms. The number of aromatic nitrogens is 6. The van der Waals surface area contributed by atoms with Gasteiger partial charge in [0.15, 0.2) is 0 Å². The average Bonchev–Trinajstić information content (AvgIpc) is 1.39. The van der Waals surface area contributed by atoms with Crippen LogP contribution in [0.4, 0.5) is 0 Å². The Hall–Kier alpha value is -12.6. The molecule has 20 aromatic rings. The van der Waals surface area contributed by atoms with Gasteiger partial charge in [0.1, 0.15) is 0 Å². The Labute approximate surface area is 526 Å². The third kappa shape index (κ3) is 6.81. The monoisotopic (exact) mass is 1170 g/mol. The first-order chi connectivity index (χ1) is 45.7. The topological polar surface area (TPSA) is 53.4 Å². The third-order valence-electron chi connectivity index (χ3n) is 19.6. The average molecular weight is 1170 g/mol. The number of nitriles is 1. The van der Waals surface area contributed by atoms with Crippen molar-refractivity contribution in [3.63, 3.8) is 0 Å². The van der Waals surface area contributed by atoms with Gasteiger partial charge in [-0.3, -0.25) is 0 Å². The van der Waals surface area contributed by atoms with Crippen molar-refractivity contribution in [2.24, 2.45) is 0 Å². The maximum absolute atomic E-state index is 11.2. The number of fused-ring (bicyclic) bond motifs is 18. The van der Waals surface area contributed by atoms with Gasteiger partial charge in [0.25, 0.3) is 0 Å². The van der Waals surface area contributed by atoms with E-state index in [2.05, 4.69) is 337 Å². The zero-order valence-electron chi connectivity index (χ0n) is 49.6. The predicted octanol–water partition coefficient (Wildman–Crippen LogP) is 21.8. The molecule has 6 heterocycles. The van der Waals surface area contributed by atoms with Crippen molar-refractivity contribution in [2.45, 2.75) is 0 Å². The molecule has 0 amide bonds. The fraction of sp³-hybridized carbons (Fsp3) is 0. The standard InChI is InChI=1S/C85H51N7/c86-52-53-24-23-25-54(50-53)80-81(88-70-39-14-3-28-58(70)59-29-4-15-40-71(59)88)83(90-74-43-18-7-32-62(74)63-33-8-19-44-75(63)90)85(92-78-47-22-11-36-66(78)67-51-55(48-49-79(67)92)87-68-37-12-1-26-56(68)57-27-2-13-38-69(57)87)84(91-76-45-20-9-34-64(76)65-35-10-21-46-77(65)91)82(80)89-72-41-16-5-30-60(72)61-31-6-17-42-73(61)89/h1-51H. The molecule has 0 unspecified atom stereocenters. The summed E-state index contributed by atoms with van der Waals surface area (Å²) in [6, 6.07) is 116. The number of nitrogens with zero attached hydrogens (tertiary/aromatic N) is 7. The van der Waals surface area contributed by atoms with Crippen LogP contribution in [0.25, 0.3) is 176 Å². The van der Waals surface area contributed by atoms with Crippen LogP contribution in [0.15, 0.2) is 309 Å². The summed E-state index contributed by atoms with van der Waals surface area (Å²) >= 11 is 0. The lowest BCUT2D eigenvalue weighted by Gasteiger charge is -2.32. The molecule has 14 aromatic carbocycles. The van der Waals surface area contributed by atoms with Crippen molar-refractivity contribution in [2.75, 3.05) is 0 Å². The minimum atomic E-state index is 0.561. The maximum atomic E-state index is 11.2. The summed E-state index contributed by atoms with van der Waals surface area (Å²) < 4.78 is 15.3. The van der Waals surface area contributed by atoms with Crippen LogP contribution in [0.1, 0.15) is 5.56 Å². The molecule has 0 fully saturated rings. The zero-order valence-corrected chi connectivity index (χ0v) is 49.6. The van der Waals surface area contributed by atoms with Gasteiger partial charge < -0.3 is 27.4 Å². The summed E-state index contributed by atoms with van der Waals surface area (Å²) in [5.74, 6) is 0. The van der Waals surface area contributed by atoms with Crippen LogP contribution in [-0.2, 0) is 0 Å². The molecule has 0 bridgehead atoms. The van der Waals surface area contributed by atoms with Gasteiger partial charge in [-0.1, -0.05) is 212 Å². The first kappa shape index (κ1) is 50.4. The van der Waals surface area contributed by atoms with Crippen LogP contribution in [0.3, 0.4) is 0 Å². The van der Waals surface area contributed by atoms with Crippen LogP contribution in [0.5, 0.6) is 0 Å². The number of rotatable bonds is 7. The summed E-state index contributed by atoms with van der Waals surface area (Å²) in [6.45, 7) is 0. The fourth-order valence-electron chi connectivity index (χ4n) is 16.0. The molecule has 0 aliphatic carbocycles. The molecule has 0 N–H and O–H groups in total. The third-order valence-corrected chi connectivity index (χ3v) is 19.6. The van der Waals surface area contributed by atoms with Gasteiger partial charge in [-0.15, -0.1) is 0 Å². The molecule has 7 heteroatoms. The molecule has 0 saturated carbocycles. The fourth-order valence-corrected chi connectivity index (χ4v) is 16.0. The number of hydrogen-bond donors (Lipinski definition) is 0. The van der Waals surface area contributed by atoms with E-state index >= 15 is 0 Å². The molecular formula is C85H51N7. The first-order valence-corrected chi connectivity index (χ1v) is 31.4. The lowest BCUT2D eigenvalue weighted by atomic mass is 9.94. The SMILES string of the molecule is N#Cc1cccc(-c2c(-n3c4ccccc4c4ccccc43)c(-n3c4ccccc4c4ccccc43)c(-n3c4ccccc4c4cc(-n5c6ccccc6c6ccccc65)ccc43)c(-n3c4ccccc4c4ccccc43)c2-n2c3ccccc3c3ccccc32)c1. The van der Waals surface area contributed by atoms with Crippen LogP contribution < -0.4 is 0 Å². The maximum Gasteiger partial charge on any atom is 0.0991 e. The number of benzene rings is 14. The molecule has 426 valence electrons. The Bertz CT molecular complexity index is 6080. The smallest absolute Gasteiger partial charge is 0.0991 e. The summed E-state index contributed by atoms with van der Waals surface area (Å²) in [5, 5.41) is 25.0. The van der Waals surface area contributed by atoms with E-state index in [0.29, 0.717) is 5.56 Å². The molecule has 0 atom stereocenters.